The molecule has 0 fully saturated rings. The largest absolute Gasteiger partial charge is 0.365 e. The number of thiocarbonyl (C=S) groups is 1. The lowest BCUT2D eigenvalue weighted by Gasteiger charge is -2.14. The van der Waals surface area contributed by atoms with E-state index in [1.165, 1.54) is 4.68 Å². The molecule has 0 bridgehead atoms. The van der Waals surface area contributed by atoms with E-state index in [2.05, 4.69) is 15.7 Å². The van der Waals surface area contributed by atoms with Crippen LogP contribution in [0.1, 0.15) is 21.1 Å². The van der Waals surface area contributed by atoms with E-state index in [4.69, 9.17) is 18.0 Å². The Morgan fingerprint density at radius 3 is 2.60 bits per heavy atom. The number of carbonyl (C=O) groups excluding carboxylic acids is 1. The molecule has 3 aromatic rings. The predicted octanol–water partition coefficient (Wildman–Crippen LogP) is 2.11. The molecule has 0 atom stereocenters. The van der Waals surface area contributed by atoms with E-state index in [1.54, 1.807) is 13.8 Å². The zero-order valence-electron chi connectivity index (χ0n) is 13.5. The number of nitrogens with zero attached hydrogens (tertiary/aromatic N) is 2. The molecule has 0 aliphatic carbocycles. The van der Waals surface area contributed by atoms with Gasteiger partial charge in [-0.05, 0) is 43.8 Å². The number of carbonyl (C=O) groups is 1. The molecule has 2 aromatic heterocycles. The Morgan fingerprint density at radius 2 is 1.96 bits per heavy atom. The standard InChI is InChI=1S/C16H15N5O2S2/c1-8-11-14(25-12(8)13(17)22)18-9(2)21(15(11)23)20-16(24)19-10-6-4-3-5-7-10/h3-7H,1-2H3,(H2,17,22)(H2,19,20,24). The summed E-state index contributed by atoms with van der Waals surface area (Å²) in [4.78, 5) is 29.5. The minimum atomic E-state index is -0.571. The van der Waals surface area contributed by atoms with Crippen molar-refractivity contribution in [3.63, 3.8) is 0 Å². The third-order valence-corrected chi connectivity index (χ3v) is 4.99. The molecule has 0 radical (unpaired) electrons. The summed E-state index contributed by atoms with van der Waals surface area (Å²) < 4.78 is 1.26. The van der Waals surface area contributed by atoms with Crippen molar-refractivity contribution in [3.8, 4) is 0 Å². The first kappa shape index (κ1) is 17.1. The number of benzene rings is 1. The normalized spacial score (nSPS) is 10.6. The van der Waals surface area contributed by atoms with Crippen LogP contribution in [0.2, 0.25) is 0 Å². The van der Waals surface area contributed by atoms with Crippen LogP contribution in [0.25, 0.3) is 10.2 Å². The number of nitrogens with two attached hydrogens (primary N) is 1. The van der Waals surface area contributed by atoms with Gasteiger partial charge in [0.25, 0.3) is 11.5 Å². The van der Waals surface area contributed by atoms with Crippen LogP contribution in [0.3, 0.4) is 0 Å². The highest BCUT2D eigenvalue weighted by Crippen LogP contribution is 2.26. The molecule has 1 amide bonds. The molecular formula is C16H15N5O2S2. The molecule has 0 aliphatic rings. The number of rotatable bonds is 3. The van der Waals surface area contributed by atoms with Crippen molar-refractivity contribution in [3.05, 3.63) is 57.0 Å². The van der Waals surface area contributed by atoms with Crippen LogP contribution in [-0.2, 0) is 0 Å². The number of aryl methyl sites for hydroxylation is 2. The van der Waals surface area contributed by atoms with Crippen LogP contribution in [0.4, 0.5) is 5.69 Å². The molecule has 0 saturated heterocycles. The number of para-hydroxylation sites is 1. The fourth-order valence-corrected chi connectivity index (χ4v) is 3.71. The summed E-state index contributed by atoms with van der Waals surface area (Å²) in [6, 6.07) is 9.34. The van der Waals surface area contributed by atoms with Gasteiger partial charge in [-0.1, -0.05) is 18.2 Å². The Morgan fingerprint density at radius 1 is 1.28 bits per heavy atom. The number of amides is 1. The SMILES string of the molecule is Cc1c(C(N)=O)sc2nc(C)n(NC(=S)Nc3ccccc3)c(=O)c12. The summed E-state index contributed by atoms with van der Waals surface area (Å²) >= 11 is 6.37. The molecule has 9 heteroatoms. The zero-order chi connectivity index (χ0) is 18.1. The first-order valence-corrected chi connectivity index (χ1v) is 8.56. The highest BCUT2D eigenvalue weighted by Gasteiger charge is 2.19. The van der Waals surface area contributed by atoms with E-state index in [-0.39, 0.29) is 10.7 Å². The average molecular weight is 373 g/mol. The Hall–Kier alpha value is -2.78. The third kappa shape index (κ3) is 3.24. The van der Waals surface area contributed by atoms with Crippen LogP contribution in [0, 0.1) is 13.8 Å². The van der Waals surface area contributed by atoms with Crippen molar-refractivity contribution < 1.29 is 4.79 Å². The Balaban J connectivity index is 1.99. The Bertz CT molecular complexity index is 1040. The summed E-state index contributed by atoms with van der Waals surface area (Å²) in [6.07, 6.45) is 0. The van der Waals surface area contributed by atoms with Crippen LogP contribution in [0.5, 0.6) is 0 Å². The molecule has 0 spiro atoms. The van der Waals surface area contributed by atoms with Crippen LogP contribution in [0.15, 0.2) is 35.1 Å². The number of hydrogen-bond acceptors (Lipinski definition) is 5. The van der Waals surface area contributed by atoms with Crippen LogP contribution >= 0.6 is 23.6 Å². The molecule has 2 heterocycles. The van der Waals surface area contributed by atoms with Gasteiger partial charge < -0.3 is 11.1 Å². The second-order valence-corrected chi connectivity index (χ2v) is 6.74. The first-order valence-electron chi connectivity index (χ1n) is 7.34. The van der Waals surface area contributed by atoms with Gasteiger partial charge in [0.2, 0.25) is 0 Å². The average Bonchev–Trinajstić information content (AvgIpc) is 2.89. The second-order valence-electron chi connectivity index (χ2n) is 5.33. The topological polar surface area (TPSA) is 102 Å². The number of thiophene rings is 1. The van der Waals surface area contributed by atoms with Gasteiger partial charge in [0.1, 0.15) is 10.7 Å². The maximum absolute atomic E-state index is 12.8. The molecule has 25 heavy (non-hydrogen) atoms. The van der Waals surface area contributed by atoms with Gasteiger partial charge in [0.15, 0.2) is 5.11 Å². The van der Waals surface area contributed by atoms with Gasteiger partial charge in [-0.15, -0.1) is 11.3 Å². The van der Waals surface area contributed by atoms with Crippen molar-refractivity contribution in [2.45, 2.75) is 13.8 Å². The lowest BCUT2D eigenvalue weighted by Crippen LogP contribution is -2.37. The first-order chi connectivity index (χ1) is 11.9. The Kier molecular flexibility index (Phi) is 4.51. The van der Waals surface area contributed by atoms with E-state index in [0.717, 1.165) is 17.0 Å². The zero-order valence-corrected chi connectivity index (χ0v) is 15.1. The third-order valence-electron chi connectivity index (χ3n) is 3.60. The monoisotopic (exact) mass is 373 g/mol. The fourth-order valence-electron chi connectivity index (χ4n) is 2.43. The molecule has 1 aromatic carbocycles. The van der Waals surface area contributed by atoms with Crippen molar-refractivity contribution in [2.75, 3.05) is 10.7 Å². The van der Waals surface area contributed by atoms with Gasteiger partial charge >= 0.3 is 0 Å². The summed E-state index contributed by atoms with van der Waals surface area (Å²) in [5, 5.41) is 3.60. The van der Waals surface area contributed by atoms with E-state index in [1.807, 2.05) is 30.3 Å². The minimum absolute atomic E-state index is 0.251. The van der Waals surface area contributed by atoms with Crippen molar-refractivity contribution in [2.24, 2.45) is 5.73 Å². The van der Waals surface area contributed by atoms with E-state index in [9.17, 15) is 9.59 Å². The molecule has 0 unspecified atom stereocenters. The van der Waals surface area contributed by atoms with E-state index >= 15 is 0 Å². The van der Waals surface area contributed by atoms with Gasteiger partial charge in [-0.25, -0.2) is 9.66 Å². The molecule has 7 nitrogen and oxygen atoms in total. The number of primary amides is 1. The second kappa shape index (κ2) is 6.61. The summed E-state index contributed by atoms with van der Waals surface area (Å²) in [5.74, 6) is -0.148. The highest BCUT2D eigenvalue weighted by atomic mass is 32.1. The number of fused-ring (bicyclic) bond motifs is 1. The maximum Gasteiger partial charge on any atom is 0.281 e. The molecule has 4 N–H and O–H groups in total. The van der Waals surface area contributed by atoms with Crippen LogP contribution in [-0.4, -0.2) is 20.7 Å². The number of nitrogens with one attached hydrogen (secondary N) is 2. The molecule has 128 valence electrons. The minimum Gasteiger partial charge on any atom is -0.365 e. The van der Waals surface area contributed by atoms with E-state index in [0.29, 0.717) is 26.5 Å². The smallest absolute Gasteiger partial charge is 0.281 e. The lowest BCUT2D eigenvalue weighted by molar-refractivity contribution is 0.100. The van der Waals surface area contributed by atoms with Crippen molar-refractivity contribution in [1.29, 1.82) is 0 Å². The van der Waals surface area contributed by atoms with Crippen LogP contribution < -0.4 is 22.0 Å². The predicted molar refractivity (Wildman–Crippen MR) is 104 cm³/mol. The number of anilines is 1. The molecule has 3 rings (SSSR count). The van der Waals surface area contributed by atoms with Gasteiger partial charge in [-0.2, -0.15) is 0 Å². The fraction of sp³-hybridized carbons (Fsp3) is 0.125. The van der Waals surface area contributed by atoms with Crippen molar-refractivity contribution >= 4 is 50.5 Å². The highest BCUT2D eigenvalue weighted by molar-refractivity contribution is 7.80. The number of hydrogen-bond donors (Lipinski definition) is 3. The molecular weight excluding hydrogens is 358 g/mol. The van der Waals surface area contributed by atoms with Gasteiger partial charge in [-0.3, -0.25) is 15.0 Å². The Labute approximate surface area is 152 Å². The summed E-state index contributed by atoms with van der Waals surface area (Å²) in [5.41, 5.74) is 9.19. The van der Waals surface area contributed by atoms with Gasteiger partial charge in [0, 0.05) is 5.69 Å². The number of aromatic nitrogens is 2. The van der Waals surface area contributed by atoms with Gasteiger partial charge in [0.05, 0.1) is 10.3 Å². The summed E-state index contributed by atoms with van der Waals surface area (Å²) in [6.45, 7) is 3.36. The quantitative estimate of drug-likeness (QED) is 0.608. The molecule has 0 aliphatic heterocycles. The van der Waals surface area contributed by atoms with Crippen molar-refractivity contribution in [1.82, 2.24) is 9.66 Å². The lowest BCUT2D eigenvalue weighted by atomic mass is 10.2. The van der Waals surface area contributed by atoms with E-state index < -0.39 is 5.91 Å². The summed E-state index contributed by atoms with van der Waals surface area (Å²) in [7, 11) is 0. The maximum atomic E-state index is 12.8. The molecule has 0 saturated carbocycles.